The molecule has 0 saturated carbocycles. The highest BCUT2D eigenvalue weighted by Crippen LogP contribution is 2.48. The normalized spacial score (nSPS) is 11.6. The molecule has 0 radical (unpaired) electrons. The first kappa shape index (κ1) is 42.9. The maximum atomic E-state index is 6.73. The third-order valence-electron chi connectivity index (χ3n) is 10.9. The van der Waals surface area contributed by atoms with Gasteiger partial charge in [-0.2, -0.15) is 0 Å². The van der Waals surface area contributed by atoms with Crippen LogP contribution >= 0.6 is 0 Å². The summed E-state index contributed by atoms with van der Waals surface area (Å²) in [7, 11) is 0. The number of oxazole rings is 1. The van der Waals surface area contributed by atoms with Crippen molar-refractivity contribution in [3.63, 3.8) is 0 Å². The molecule has 0 atom stereocenters. The highest BCUT2D eigenvalue weighted by atomic mass is 16.5. The van der Waals surface area contributed by atoms with Gasteiger partial charge in [-0.1, -0.05) is 117 Å². The summed E-state index contributed by atoms with van der Waals surface area (Å²) in [4.78, 5) is 5.32. The average molecular weight is 790 g/mol. The van der Waals surface area contributed by atoms with Crippen molar-refractivity contribution in [1.29, 1.82) is 0 Å². The number of hydrogen-bond acceptors (Lipinski definition) is 7. The van der Waals surface area contributed by atoms with E-state index in [4.69, 9.17) is 33.1 Å². The molecule has 0 N–H and O–H groups in total. The van der Waals surface area contributed by atoms with Crippen molar-refractivity contribution in [1.82, 2.24) is 4.98 Å². The molecule has 0 aliphatic heterocycles. The Balaban J connectivity index is 1.67. The Bertz CT molecular complexity index is 2170. The minimum atomic E-state index is 0.570. The monoisotopic (exact) mass is 789 g/mol. The van der Waals surface area contributed by atoms with Crippen molar-refractivity contribution < 1.29 is 28.1 Å². The van der Waals surface area contributed by atoms with Crippen LogP contribution in [0.1, 0.15) is 136 Å². The van der Waals surface area contributed by atoms with E-state index in [0.717, 1.165) is 168 Å². The van der Waals surface area contributed by atoms with Gasteiger partial charge in [0.1, 0.15) is 5.52 Å². The molecule has 0 aliphatic carbocycles. The summed E-state index contributed by atoms with van der Waals surface area (Å²) in [6, 6.07) is 19.2. The molecule has 0 fully saturated rings. The van der Waals surface area contributed by atoms with Gasteiger partial charge in [-0.15, -0.1) is 0 Å². The Hall–Kier alpha value is -4.65. The first-order valence-corrected chi connectivity index (χ1v) is 22.6. The van der Waals surface area contributed by atoms with E-state index < -0.39 is 0 Å². The molecule has 0 unspecified atom stereocenters. The Morgan fingerprint density at radius 3 is 1.24 bits per heavy atom. The van der Waals surface area contributed by atoms with Crippen LogP contribution in [0.25, 0.3) is 54.9 Å². The summed E-state index contributed by atoms with van der Waals surface area (Å²) in [5, 5.41) is 6.18. The van der Waals surface area contributed by atoms with Gasteiger partial charge in [-0.25, -0.2) is 4.98 Å². The number of benzene rings is 5. The van der Waals surface area contributed by atoms with Crippen LogP contribution in [0.15, 0.2) is 59.0 Å². The van der Waals surface area contributed by atoms with E-state index in [1.54, 1.807) is 0 Å². The fourth-order valence-electron chi connectivity index (χ4n) is 7.66. The lowest BCUT2D eigenvalue weighted by Gasteiger charge is -2.20. The van der Waals surface area contributed by atoms with E-state index in [9.17, 15) is 0 Å². The van der Waals surface area contributed by atoms with Gasteiger partial charge in [0, 0.05) is 10.9 Å². The van der Waals surface area contributed by atoms with Gasteiger partial charge in [0.05, 0.1) is 33.0 Å². The molecule has 1 aromatic heterocycles. The van der Waals surface area contributed by atoms with Gasteiger partial charge in [0.2, 0.25) is 5.89 Å². The molecule has 312 valence electrons. The van der Waals surface area contributed by atoms with Crippen LogP contribution in [-0.4, -0.2) is 38.0 Å². The first-order valence-electron chi connectivity index (χ1n) is 22.6. The molecule has 7 heteroatoms. The molecule has 7 nitrogen and oxygen atoms in total. The summed E-state index contributed by atoms with van der Waals surface area (Å²) >= 11 is 0. The third kappa shape index (κ3) is 10.5. The lowest BCUT2D eigenvalue weighted by Crippen LogP contribution is -2.04. The van der Waals surface area contributed by atoms with E-state index in [-0.39, 0.29) is 0 Å². The van der Waals surface area contributed by atoms with Crippen LogP contribution < -0.4 is 23.7 Å². The number of aromatic nitrogens is 1. The van der Waals surface area contributed by atoms with Crippen LogP contribution in [0.2, 0.25) is 0 Å². The van der Waals surface area contributed by atoms with Crippen LogP contribution in [0, 0.1) is 6.92 Å². The number of unbranched alkanes of at least 4 members (excludes halogenated alkanes) is 10. The fraction of sp³-hybridized carbons (Fsp3) is 0.510. The van der Waals surface area contributed by atoms with E-state index >= 15 is 0 Å². The smallest absolute Gasteiger partial charge is 0.227 e. The predicted octanol–water partition coefficient (Wildman–Crippen LogP) is 15.1. The molecular formula is C51H67NO6. The van der Waals surface area contributed by atoms with E-state index in [0.29, 0.717) is 50.3 Å². The largest absolute Gasteiger partial charge is 0.490 e. The fourth-order valence-corrected chi connectivity index (χ4v) is 7.66. The zero-order chi connectivity index (χ0) is 40.7. The topological polar surface area (TPSA) is 72.2 Å². The maximum Gasteiger partial charge on any atom is 0.227 e. The van der Waals surface area contributed by atoms with Crippen molar-refractivity contribution in [3.05, 3.63) is 60.2 Å². The molecule has 0 aliphatic rings. The van der Waals surface area contributed by atoms with E-state index in [1.807, 2.05) is 0 Å². The quantitative estimate of drug-likeness (QED) is 0.0400. The van der Waals surface area contributed by atoms with Crippen LogP contribution in [-0.2, 0) is 0 Å². The number of ether oxygens (including phenoxy) is 5. The third-order valence-corrected chi connectivity index (χ3v) is 10.9. The van der Waals surface area contributed by atoms with Crippen LogP contribution in [0.5, 0.6) is 28.7 Å². The molecule has 0 spiro atoms. The van der Waals surface area contributed by atoms with Crippen molar-refractivity contribution in [2.24, 2.45) is 0 Å². The molecule has 0 saturated heterocycles. The summed E-state index contributed by atoms with van der Waals surface area (Å²) in [5.74, 6) is 4.32. The summed E-state index contributed by atoms with van der Waals surface area (Å²) in [6.45, 7) is 16.3. The number of nitrogens with zero attached hydrogens (tertiary/aromatic N) is 1. The SMILES string of the molecule is CCCCCOc1cc2c3cc(OCCCCC)c(OCCCCC)cc3c3c(cc(OCCCCC)c4oc(-c5cccc(C)c5)nc43)c2cc1OCCCCC. The first-order chi connectivity index (χ1) is 28.5. The second-order valence-electron chi connectivity index (χ2n) is 15.8. The van der Waals surface area contributed by atoms with Gasteiger partial charge in [0.15, 0.2) is 34.3 Å². The number of hydrogen-bond donors (Lipinski definition) is 0. The van der Waals surface area contributed by atoms with Gasteiger partial charge >= 0.3 is 0 Å². The van der Waals surface area contributed by atoms with Gasteiger partial charge in [0.25, 0.3) is 0 Å². The van der Waals surface area contributed by atoms with Crippen LogP contribution in [0.3, 0.4) is 0 Å². The Labute approximate surface area is 346 Å². The lowest BCUT2D eigenvalue weighted by atomic mass is 9.92. The lowest BCUT2D eigenvalue weighted by molar-refractivity contribution is 0.260. The van der Waals surface area contributed by atoms with Crippen molar-refractivity contribution in [2.75, 3.05) is 33.0 Å². The van der Waals surface area contributed by atoms with E-state index in [2.05, 4.69) is 96.1 Å². The number of rotatable bonds is 26. The number of aryl methyl sites for hydroxylation is 1. The molecule has 6 rings (SSSR count). The zero-order valence-electron chi connectivity index (χ0n) is 36.2. The second-order valence-corrected chi connectivity index (χ2v) is 15.8. The molecule has 0 bridgehead atoms. The maximum absolute atomic E-state index is 6.73. The molecule has 6 aromatic rings. The van der Waals surface area contributed by atoms with Crippen LogP contribution in [0.4, 0.5) is 0 Å². The molecule has 1 heterocycles. The van der Waals surface area contributed by atoms with E-state index in [1.165, 1.54) is 0 Å². The molecular weight excluding hydrogens is 723 g/mol. The average Bonchev–Trinajstić information content (AvgIpc) is 3.69. The highest BCUT2D eigenvalue weighted by molar-refractivity contribution is 6.32. The highest BCUT2D eigenvalue weighted by Gasteiger charge is 2.24. The van der Waals surface area contributed by atoms with Gasteiger partial charge in [-0.3, -0.25) is 0 Å². The Morgan fingerprint density at radius 2 is 0.828 bits per heavy atom. The van der Waals surface area contributed by atoms with Crippen molar-refractivity contribution >= 4 is 43.4 Å². The predicted molar refractivity (Wildman–Crippen MR) is 242 cm³/mol. The Morgan fingerprint density at radius 1 is 0.448 bits per heavy atom. The molecule has 0 amide bonds. The number of fused-ring (bicyclic) bond motifs is 8. The second kappa shape index (κ2) is 21.9. The minimum Gasteiger partial charge on any atom is -0.490 e. The summed E-state index contributed by atoms with van der Waals surface area (Å²) in [5.41, 5.74) is 3.50. The summed E-state index contributed by atoms with van der Waals surface area (Å²) < 4.78 is 39.8. The minimum absolute atomic E-state index is 0.570. The standard InChI is InChI=1S/C51H67NO6/c1-7-12-17-25-53-43-31-38-39-32-45(55-27-19-14-9-3)46(56-28-20-15-10-4)34-41(39)48-42(40(38)33-44(43)54-26-18-13-8-2)35-47(57-29-21-16-11-5)50-49(48)52-51(58-50)37-24-22-23-36(6)30-37/h22-24,30-35H,7-21,25-29H2,1-6H3. The van der Waals surface area contributed by atoms with Crippen molar-refractivity contribution in [3.8, 4) is 40.2 Å². The summed E-state index contributed by atoms with van der Waals surface area (Å²) in [6.07, 6.45) is 16.1. The zero-order valence-corrected chi connectivity index (χ0v) is 36.2. The Kier molecular flexibility index (Phi) is 16.2. The van der Waals surface area contributed by atoms with Gasteiger partial charge < -0.3 is 28.1 Å². The van der Waals surface area contributed by atoms with Gasteiger partial charge in [-0.05, 0) is 108 Å². The molecule has 58 heavy (non-hydrogen) atoms. The van der Waals surface area contributed by atoms with Crippen molar-refractivity contribution in [2.45, 2.75) is 138 Å². The molecule has 5 aromatic carbocycles.